The van der Waals surface area contributed by atoms with Gasteiger partial charge >= 0.3 is 0 Å². The summed E-state index contributed by atoms with van der Waals surface area (Å²) in [6.07, 6.45) is 4.10. The van der Waals surface area contributed by atoms with Gasteiger partial charge in [-0.3, -0.25) is 4.40 Å². The summed E-state index contributed by atoms with van der Waals surface area (Å²) in [6.45, 7) is 2.63. The third kappa shape index (κ3) is 2.05. The molecule has 0 N–H and O–H groups in total. The summed E-state index contributed by atoms with van der Waals surface area (Å²) in [5, 5.41) is 0.878. The zero-order chi connectivity index (χ0) is 11.7. The van der Waals surface area contributed by atoms with Crippen LogP contribution in [0.3, 0.4) is 0 Å². The zero-order valence-electron chi connectivity index (χ0n) is 9.42. The minimum atomic E-state index is 0.266. The molecule has 0 amide bonds. The Morgan fingerprint density at radius 2 is 2.41 bits per heavy atom. The van der Waals surface area contributed by atoms with Gasteiger partial charge in [-0.1, -0.05) is 22.0 Å². The molecule has 5 heteroatoms. The largest absolute Gasteiger partial charge is 0.374 e. The molecule has 3 rings (SSSR count). The first-order valence-corrected chi connectivity index (χ1v) is 6.85. The third-order valence-corrected chi connectivity index (χ3v) is 3.76. The number of halogens is 1. The molecule has 1 atom stereocenters. The number of anilines is 1. The number of fused-ring (bicyclic) bond motifs is 1. The average molecular weight is 296 g/mol. The molecule has 4 nitrogen and oxygen atoms in total. The van der Waals surface area contributed by atoms with Crippen LogP contribution in [0.2, 0.25) is 0 Å². The van der Waals surface area contributed by atoms with Gasteiger partial charge in [0.15, 0.2) is 0 Å². The van der Waals surface area contributed by atoms with Gasteiger partial charge in [0, 0.05) is 30.8 Å². The number of hydrogen-bond donors (Lipinski definition) is 0. The van der Waals surface area contributed by atoms with Gasteiger partial charge < -0.3 is 9.64 Å². The van der Waals surface area contributed by atoms with Crippen LogP contribution in [0.15, 0.2) is 30.6 Å². The van der Waals surface area contributed by atoms with E-state index in [2.05, 4.69) is 42.3 Å². The fourth-order valence-corrected chi connectivity index (χ4v) is 2.60. The molecule has 0 spiro atoms. The van der Waals surface area contributed by atoms with E-state index >= 15 is 0 Å². The van der Waals surface area contributed by atoms with Crippen molar-refractivity contribution in [1.29, 1.82) is 0 Å². The molecule has 0 radical (unpaired) electrons. The molecular formula is C12H14BrN3O. The summed E-state index contributed by atoms with van der Waals surface area (Å²) < 4.78 is 7.78. The van der Waals surface area contributed by atoms with Gasteiger partial charge in [0.25, 0.3) is 0 Å². The highest BCUT2D eigenvalue weighted by Gasteiger charge is 2.21. The number of rotatable bonds is 2. The lowest BCUT2D eigenvalue weighted by molar-refractivity contribution is 0.0567. The Morgan fingerprint density at radius 1 is 1.47 bits per heavy atom. The van der Waals surface area contributed by atoms with E-state index in [-0.39, 0.29) is 6.10 Å². The first-order chi connectivity index (χ1) is 8.38. The van der Waals surface area contributed by atoms with Crippen molar-refractivity contribution in [2.75, 3.05) is 29.9 Å². The van der Waals surface area contributed by atoms with Gasteiger partial charge in [-0.25, -0.2) is 4.98 Å². The zero-order valence-corrected chi connectivity index (χ0v) is 11.0. The maximum absolute atomic E-state index is 5.66. The van der Waals surface area contributed by atoms with Crippen LogP contribution in [-0.4, -0.2) is 40.5 Å². The van der Waals surface area contributed by atoms with Gasteiger partial charge in [-0.15, -0.1) is 0 Å². The Labute approximate surface area is 108 Å². The Balaban J connectivity index is 1.94. The number of morpholine rings is 1. The minimum Gasteiger partial charge on any atom is -0.374 e. The molecule has 1 saturated heterocycles. The second-order valence-electron chi connectivity index (χ2n) is 4.13. The smallest absolute Gasteiger partial charge is 0.138 e. The van der Waals surface area contributed by atoms with Crippen molar-refractivity contribution in [3.63, 3.8) is 0 Å². The van der Waals surface area contributed by atoms with E-state index in [4.69, 9.17) is 4.74 Å². The Bertz CT molecular complexity index is 513. The van der Waals surface area contributed by atoms with E-state index in [1.807, 2.05) is 18.5 Å². The second-order valence-corrected chi connectivity index (χ2v) is 4.78. The van der Waals surface area contributed by atoms with Crippen LogP contribution in [0.5, 0.6) is 0 Å². The Kier molecular flexibility index (Phi) is 3.03. The summed E-state index contributed by atoms with van der Waals surface area (Å²) >= 11 is 3.48. The molecule has 1 fully saturated rings. The van der Waals surface area contributed by atoms with E-state index in [1.165, 1.54) is 5.82 Å². The van der Waals surface area contributed by atoms with Crippen molar-refractivity contribution in [3.8, 4) is 0 Å². The van der Waals surface area contributed by atoms with Crippen molar-refractivity contribution in [3.05, 3.63) is 30.6 Å². The van der Waals surface area contributed by atoms with Crippen LogP contribution in [0, 0.1) is 0 Å². The minimum absolute atomic E-state index is 0.266. The van der Waals surface area contributed by atoms with Gasteiger partial charge in [0.1, 0.15) is 11.5 Å². The van der Waals surface area contributed by atoms with Crippen molar-refractivity contribution in [2.24, 2.45) is 0 Å². The number of pyridine rings is 1. The molecule has 17 heavy (non-hydrogen) atoms. The number of imidazole rings is 1. The number of alkyl halides is 1. The first kappa shape index (κ1) is 11.0. The summed E-state index contributed by atoms with van der Waals surface area (Å²) in [7, 11) is 0. The normalized spacial score (nSPS) is 21.0. The fraction of sp³-hybridized carbons (Fsp3) is 0.417. The maximum atomic E-state index is 5.66. The van der Waals surface area contributed by atoms with E-state index in [9.17, 15) is 0 Å². The molecule has 0 aliphatic carbocycles. The van der Waals surface area contributed by atoms with Crippen molar-refractivity contribution in [1.82, 2.24) is 9.38 Å². The molecule has 1 unspecified atom stereocenters. The SMILES string of the molecule is BrCC1CN(c2cccc3nccn23)CCO1. The molecule has 3 heterocycles. The molecule has 0 bridgehead atoms. The lowest BCUT2D eigenvalue weighted by Crippen LogP contribution is -2.43. The van der Waals surface area contributed by atoms with E-state index in [1.54, 1.807) is 0 Å². The number of nitrogens with zero attached hydrogens (tertiary/aromatic N) is 3. The van der Waals surface area contributed by atoms with E-state index < -0.39 is 0 Å². The topological polar surface area (TPSA) is 29.8 Å². The van der Waals surface area contributed by atoms with Crippen LogP contribution in [0.1, 0.15) is 0 Å². The fourth-order valence-electron chi connectivity index (χ4n) is 2.21. The molecular weight excluding hydrogens is 282 g/mol. The lowest BCUT2D eigenvalue weighted by Gasteiger charge is -2.34. The Morgan fingerprint density at radius 3 is 3.29 bits per heavy atom. The molecule has 1 aliphatic heterocycles. The van der Waals surface area contributed by atoms with E-state index in [0.29, 0.717) is 0 Å². The quantitative estimate of drug-likeness (QED) is 0.793. The maximum Gasteiger partial charge on any atom is 0.138 e. The van der Waals surface area contributed by atoms with Crippen LogP contribution < -0.4 is 4.90 Å². The van der Waals surface area contributed by atoms with Crippen LogP contribution in [0.25, 0.3) is 5.65 Å². The highest BCUT2D eigenvalue weighted by Crippen LogP contribution is 2.19. The monoisotopic (exact) mass is 295 g/mol. The number of ether oxygens (including phenoxy) is 1. The molecule has 2 aromatic rings. The molecule has 0 aromatic carbocycles. The van der Waals surface area contributed by atoms with Gasteiger partial charge in [-0.2, -0.15) is 0 Å². The van der Waals surface area contributed by atoms with Gasteiger partial charge in [0.05, 0.1) is 12.7 Å². The van der Waals surface area contributed by atoms with Crippen molar-refractivity contribution in [2.45, 2.75) is 6.10 Å². The standard InChI is InChI=1S/C12H14BrN3O/c13-8-10-9-15(6-7-17-10)12-3-1-2-11-14-4-5-16(11)12/h1-5,10H,6-9H2. The van der Waals surface area contributed by atoms with Crippen LogP contribution in [0.4, 0.5) is 5.82 Å². The molecule has 0 saturated carbocycles. The lowest BCUT2D eigenvalue weighted by atomic mass is 10.3. The highest BCUT2D eigenvalue weighted by molar-refractivity contribution is 9.09. The summed E-state index contributed by atoms with van der Waals surface area (Å²) in [4.78, 5) is 6.66. The summed E-state index contributed by atoms with van der Waals surface area (Å²) in [5.74, 6) is 1.19. The Hall–Kier alpha value is -1.07. The summed E-state index contributed by atoms with van der Waals surface area (Å²) in [5.41, 5.74) is 0.990. The van der Waals surface area contributed by atoms with Crippen LogP contribution in [-0.2, 0) is 4.74 Å². The van der Waals surface area contributed by atoms with Crippen LogP contribution >= 0.6 is 15.9 Å². The molecule has 1 aliphatic rings. The van der Waals surface area contributed by atoms with Crippen molar-refractivity contribution >= 4 is 27.4 Å². The average Bonchev–Trinajstić information content (AvgIpc) is 2.87. The van der Waals surface area contributed by atoms with Gasteiger partial charge in [0.2, 0.25) is 0 Å². The first-order valence-electron chi connectivity index (χ1n) is 5.73. The van der Waals surface area contributed by atoms with Gasteiger partial charge in [-0.05, 0) is 12.1 Å². The van der Waals surface area contributed by atoms with Crippen molar-refractivity contribution < 1.29 is 4.74 Å². The predicted octanol–water partition coefficient (Wildman–Crippen LogP) is 1.93. The second kappa shape index (κ2) is 4.66. The van der Waals surface area contributed by atoms with E-state index in [0.717, 1.165) is 30.7 Å². The third-order valence-electron chi connectivity index (χ3n) is 3.04. The summed E-state index contributed by atoms with van der Waals surface area (Å²) in [6, 6.07) is 6.20. The molecule has 2 aromatic heterocycles. The predicted molar refractivity (Wildman–Crippen MR) is 70.9 cm³/mol. The number of aromatic nitrogens is 2. The highest BCUT2D eigenvalue weighted by atomic mass is 79.9. The number of hydrogen-bond acceptors (Lipinski definition) is 3. The molecule has 90 valence electrons.